The number of likely N-dealkylation sites (N-methyl/N-ethyl adjacent to an activating group) is 1. The zero-order valence-electron chi connectivity index (χ0n) is 13.7. The van der Waals surface area contributed by atoms with E-state index < -0.39 is 0 Å². The van der Waals surface area contributed by atoms with Gasteiger partial charge in [-0.2, -0.15) is 0 Å². The highest BCUT2D eigenvalue weighted by atomic mass is 35.5. The average Bonchev–Trinajstić information content (AvgIpc) is 2.96. The van der Waals surface area contributed by atoms with Gasteiger partial charge in [-0.15, -0.1) is 12.4 Å². The smallest absolute Gasteiger partial charge is 0.225 e. The third kappa shape index (κ3) is 5.52. The third-order valence-corrected chi connectivity index (χ3v) is 4.10. The maximum Gasteiger partial charge on any atom is 0.225 e. The Morgan fingerprint density at radius 1 is 1.30 bits per heavy atom. The van der Waals surface area contributed by atoms with E-state index in [1.54, 1.807) is 0 Å². The van der Waals surface area contributed by atoms with E-state index in [1.165, 1.54) is 6.92 Å². The maximum absolute atomic E-state index is 12.6. The summed E-state index contributed by atoms with van der Waals surface area (Å²) in [6, 6.07) is 9.68. The SMILES string of the molecule is CNCC1CCCN1C(=O)CC(NC(C)=O)c1ccccc1.Cl. The molecular formula is C17H26ClN3O2. The summed E-state index contributed by atoms with van der Waals surface area (Å²) in [7, 11) is 1.91. The molecule has 0 radical (unpaired) electrons. The molecule has 2 rings (SSSR count). The number of hydrogen-bond donors (Lipinski definition) is 2. The molecule has 1 aromatic carbocycles. The second-order valence-corrected chi connectivity index (χ2v) is 5.81. The lowest BCUT2D eigenvalue weighted by Gasteiger charge is -2.27. The Labute approximate surface area is 144 Å². The molecule has 1 aliphatic rings. The van der Waals surface area contributed by atoms with Crippen molar-refractivity contribution >= 4 is 24.2 Å². The largest absolute Gasteiger partial charge is 0.349 e. The number of carbonyl (C=O) groups excluding carboxylic acids is 2. The van der Waals surface area contributed by atoms with Gasteiger partial charge in [0.05, 0.1) is 12.5 Å². The Balaban J connectivity index is 0.00000264. The number of likely N-dealkylation sites (tertiary alicyclic amines) is 1. The molecule has 2 amide bonds. The van der Waals surface area contributed by atoms with Crippen LogP contribution >= 0.6 is 12.4 Å². The molecule has 23 heavy (non-hydrogen) atoms. The van der Waals surface area contributed by atoms with Crippen LogP contribution in [0.3, 0.4) is 0 Å². The van der Waals surface area contributed by atoms with E-state index >= 15 is 0 Å². The lowest BCUT2D eigenvalue weighted by molar-refractivity contribution is -0.132. The molecule has 5 nitrogen and oxygen atoms in total. The molecule has 6 heteroatoms. The van der Waals surface area contributed by atoms with Gasteiger partial charge in [-0.05, 0) is 25.5 Å². The van der Waals surface area contributed by atoms with Crippen molar-refractivity contribution in [2.24, 2.45) is 0 Å². The predicted molar refractivity (Wildman–Crippen MR) is 93.5 cm³/mol. The number of nitrogens with one attached hydrogen (secondary N) is 2. The lowest BCUT2D eigenvalue weighted by atomic mass is 10.0. The summed E-state index contributed by atoms with van der Waals surface area (Å²) < 4.78 is 0. The van der Waals surface area contributed by atoms with Crippen LogP contribution in [0.25, 0.3) is 0 Å². The molecule has 2 atom stereocenters. The van der Waals surface area contributed by atoms with Gasteiger partial charge in [0, 0.05) is 26.1 Å². The van der Waals surface area contributed by atoms with E-state index in [1.807, 2.05) is 42.3 Å². The zero-order valence-corrected chi connectivity index (χ0v) is 14.6. The summed E-state index contributed by atoms with van der Waals surface area (Å²) in [6.45, 7) is 3.12. The molecule has 1 fully saturated rings. The van der Waals surface area contributed by atoms with Crippen molar-refractivity contribution in [3.63, 3.8) is 0 Å². The van der Waals surface area contributed by atoms with Crippen LogP contribution in [0.15, 0.2) is 30.3 Å². The fourth-order valence-corrected chi connectivity index (χ4v) is 3.09. The van der Waals surface area contributed by atoms with E-state index in [0.29, 0.717) is 6.42 Å². The topological polar surface area (TPSA) is 61.4 Å². The molecule has 2 N–H and O–H groups in total. The molecule has 0 saturated carbocycles. The summed E-state index contributed by atoms with van der Waals surface area (Å²) in [4.78, 5) is 26.0. The monoisotopic (exact) mass is 339 g/mol. The third-order valence-electron chi connectivity index (χ3n) is 4.10. The quantitative estimate of drug-likeness (QED) is 0.832. The number of carbonyl (C=O) groups is 2. The lowest BCUT2D eigenvalue weighted by Crippen LogP contribution is -2.42. The van der Waals surface area contributed by atoms with Crippen LogP contribution in [-0.2, 0) is 9.59 Å². The fraction of sp³-hybridized carbons (Fsp3) is 0.529. The van der Waals surface area contributed by atoms with Gasteiger partial charge in [0.2, 0.25) is 11.8 Å². The fourth-order valence-electron chi connectivity index (χ4n) is 3.09. The van der Waals surface area contributed by atoms with Gasteiger partial charge in [0.1, 0.15) is 0 Å². The molecule has 1 aromatic rings. The van der Waals surface area contributed by atoms with E-state index in [0.717, 1.165) is 31.5 Å². The van der Waals surface area contributed by atoms with Crippen molar-refractivity contribution in [3.05, 3.63) is 35.9 Å². The molecule has 0 aliphatic carbocycles. The van der Waals surface area contributed by atoms with Gasteiger partial charge in [0.15, 0.2) is 0 Å². The molecule has 0 bridgehead atoms. The highest BCUT2D eigenvalue weighted by Crippen LogP contribution is 2.22. The number of benzene rings is 1. The van der Waals surface area contributed by atoms with Gasteiger partial charge in [-0.3, -0.25) is 9.59 Å². The molecular weight excluding hydrogens is 314 g/mol. The first-order chi connectivity index (χ1) is 10.6. The van der Waals surface area contributed by atoms with Gasteiger partial charge in [-0.25, -0.2) is 0 Å². The first-order valence-corrected chi connectivity index (χ1v) is 7.88. The first kappa shape index (κ1) is 19.5. The number of amides is 2. The maximum atomic E-state index is 12.6. The Kier molecular flexibility index (Phi) is 8.06. The van der Waals surface area contributed by atoms with Crippen molar-refractivity contribution in [2.75, 3.05) is 20.1 Å². The summed E-state index contributed by atoms with van der Waals surface area (Å²) >= 11 is 0. The minimum atomic E-state index is -0.262. The van der Waals surface area contributed by atoms with Gasteiger partial charge < -0.3 is 15.5 Å². The molecule has 2 unspecified atom stereocenters. The van der Waals surface area contributed by atoms with Gasteiger partial charge in [0.25, 0.3) is 0 Å². The molecule has 1 saturated heterocycles. The normalized spacial score (nSPS) is 18.2. The highest BCUT2D eigenvalue weighted by Gasteiger charge is 2.29. The van der Waals surface area contributed by atoms with E-state index in [2.05, 4.69) is 10.6 Å². The Morgan fingerprint density at radius 3 is 2.61 bits per heavy atom. The second-order valence-electron chi connectivity index (χ2n) is 5.81. The van der Waals surface area contributed by atoms with Crippen molar-refractivity contribution in [1.82, 2.24) is 15.5 Å². The first-order valence-electron chi connectivity index (χ1n) is 7.88. The van der Waals surface area contributed by atoms with Crippen LogP contribution in [0, 0.1) is 0 Å². The Bertz CT molecular complexity index is 510. The van der Waals surface area contributed by atoms with E-state index in [4.69, 9.17) is 0 Å². The zero-order chi connectivity index (χ0) is 15.9. The molecule has 0 aromatic heterocycles. The molecule has 128 valence electrons. The van der Waals surface area contributed by atoms with Crippen LogP contribution in [0.1, 0.15) is 37.8 Å². The van der Waals surface area contributed by atoms with Crippen LogP contribution in [0.4, 0.5) is 0 Å². The molecule has 0 spiro atoms. The second kappa shape index (κ2) is 9.53. The number of hydrogen-bond acceptors (Lipinski definition) is 3. The predicted octanol–water partition coefficient (Wildman–Crippen LogP) is 1.89. The summed E-state index contributed by atoms with van der Waals surface area (Å²) in [5.74, 6) is -0.00444. The van der Waals surface area contributed by atoms with Crippen molar-refractivity contribution in [3.8, 4) is 0 Å². The van der Waals surface area contributed by atoms with Crippen molar-refractivity contribution in [2.45, 2.75) is 38.3 Å². The summed E-state index contributed by atoms with van der Waals surface area (Å²) in [6.07, 6.45) is 2.40. The number of halogens is 1. The van der Waals surface area contributed by atoms with Crippen LogP contribution in [0.2, 0.25) is 0 Å². The molecule has 1 aliphatic heterocycles. The van der Waals surface area contributed by atoms with Crippen LogP contribution < -0.4 is 10.6 Å². The minimum Gasteiger partial charge on any atom is -0.349 e. The average molecular weight is 340 g/mol. The van der Waals surface area contributed by atoms with Crippen molar-refractivity contribution in [1.29, 1.82) is 0 Å². The summed E-state index contributed by atoms with van der Waals surface area (Å²) in [5.41, 5.74) is 0.968. The Hall–Kier alpha value is -1.59. The van der Waals surface area contributed by atoms with Crippen LogP contribution in [0.5, 0.6) is 0 Å². The van der Waals surface area contributed by atoms with E-state index in [-0.39, 0.29) is 36.3 Å². The van der Waals surface area contributed by atoms with Crippen molar-refractivity contribution < 1.29 is 9.59 Å². The summed E-state index contributed by atoms with van der Waals surface area (Å²) in [5, 5.41) is 6.04. The standard InChI is InChI=1S/C17H25N3O2.ClH/c1-13(21)19-16(14-7-4-3-5-8-14)11-17(22)20-10-6-9-15(20)12-18-2;/h3-5,7-8,15-16,18H,6,9-12H2,1-2H3,(H,19,21);1H. The van der Waals surface area contributed by atoms with Gasteiger partial charge in [-0.1, -0.05) is 30.3 Å². The van der Waals surface area contributed by atoms with E-state index in [9.17, 15) is 9.59 Å². The number of rotatable bonds is 6. The number of nitrogens with zero attached hydrogens (tertiary/aromatic N) is 1. The Morgan fingerprint density at radius 2 is 2.00 bits per heavy atom. The highest BCUT2D eigenvalue weighted by molar-refractivity contribution is 5.85. The van der Waals surface area contributed by atoms with Gasteiger partial charge >= 0.3 is 0 Å². The molecule has 1 heterocycles. The van der Waals surface area contributed by atoms with Crippen LogP contribution in [-0.4, -0.2) is 42.9 Å². The minimum absolute atomic E-state index is 0.